The Labute approximate surface area is 90.7 Å². The molecule has 1 N–H and O–H groups in total. The predicted octanol–water partition coefficient (Wildman–Crippen LogP) is 3.48. The van der Waals surface area contributed by atoms with Gasteiger partial charge in [0.2, 0.25) is 0 Å². The quantitative estimate of drug-likeness (QED) is 0.470. The van der Waals surface area contributed by atoms with Crippen LogP contribution in [0.1, 0.15) is 12.5 Å². The van der Waals surface area contributed by atoms with Crippen LogP contribution >= 0.6 is 0 Å². The summed E-state index contributed by atoms with van der Waals surface area (Å²) in [6, 6.07) is 8.56. The van der Waals surface area contributed by atoms with Gasteiger partial charge in [-0.1, -0.05) is 35.5 Å². The molecule has 0 saturated carbocycles. The molecule has 0 unspecified atom stereocenters. The molecule has 0 aliphatic heterocycles. The maximum absolute atomic E-state index is 12.3. The van der Waals surface area contributed by atoms with Crippen molar-refractivity contribution in [2.75, 3.05) is 0 Å². The van der Waals surface area contributed by atoms with Gasteiger partial charge in [0.1, 0.15) is 0 Å². The molecule has 5 heteroatoms. The molecule has 0 spiro atoms. The molecule has 0 aromatic heterocycles. The van der Waals surface area contributed by atoms with E-state index in [1.165, 1.54) is 6.92 Å². The zero-order valence-electron chi connectivity index (χ0n) is 8.49. The van der Waals surface area contributed by atoms with Gasteiger partial charge >= 0.3 is 6.18 Å². The smallest absolute Gasteiger partial charge is 0.410 e. The summed E-state index contributed by atoms with van der Waals surface area (Å²) in [5.41, 5.74) is -0.285. The molecule has 0 bridgehead atoms. The lowest BCUT2D eigenvalue weighted by atomic mass is 10.1. The number of benzene rings is 1. The fourth-order valence-electron chi connectivity index (χ4n) is 1.16. The van der Waals surface area contributed by atoms with Crippen LogP contribution in [0.2, 0.25) is 0 Å². The number of oxime groups is 1. The van der Waals surface area contributed by atoms with Crippen LogP contribution in [0.25, 0.3) is 5.57 Å². The van der Waals surface area contributed by atoms with Crippen LogP contribution in [0.4, 0.5) is 13.2 Å². The van der Waals surface area contributed by atoms with Crippen molar-refractivity contribution >= 4 is 11.3 Å². The molecule has 2 nitrogen and oxygen atoms in total. The predicted molar refractivity (Wildman–Crippen MR) is 55.4 cm³/mol. The highest BCUT2D eigenvalue weighted by molar-refractivity contribution is 6.03. The van der Waals surface area contributed by atoms with Gasteiger partial charge in [-0.2, -0.15) is 13.2 Å². The molecule has 0 atom stereocenters. The van der Waals surface area contributed by atoms with Gasteiger partial charge in [-0.05, 0) is 24.1 Å². The first-order valence-electron chi connectivity index (χ1n) is 4.48. The number of halogens is 3. The molecule has 0 aliphatic rings. The molecule has 1 aromatic carbocycles. The molecule has 0 saturated heterocycles. The Balaban J connectivity index is 3.02. The first-order chi connectivity index (χ1) is 7.45. The Bertz CT molecular complexity index is 407. The van der Waals surface area contributed by atoms with Crippen molar-refractivity contribution in [3.63, 3.8) is 0 Å². The lowest BCUT2D eigenvalue weighted by molar-refractivity contribution is -0.0597. The first-order valence-corrected chi connectivity index (χ1v) is 4.48. The fraction of sp³-hybridized carbons (Fsp3) is 0.182. The maximum atomic E-state index is 12.3. The van der Waals surface area contributed by atoms with Crippen molar-refractivity contribution in [3.05, 3.63) is 42.0 Å². The van der Waals surface area contributed by atoms with E-state index in [0.717, 1.165) is 6.08 Å². The lowest BCUT2D eigenvalue weighted by Gasteiger charge is -2.06. The van der Waals surface area contributed by atoms with Gasteiger partial charge in [0.05, 0.1) is 0 Å². The number of alkyl halides is 3. The average molecular weight is 229 g/mol. The van der Waals surface area contributed by atoms with Crippen molar-refractivity contribution in [2.45, 2.75) is 13.1 Å². The lowest BCUT2D eigenvalue weighted by Crippen LogP contribution is -2.20. The highest BCUT2D eigenvalue weighted by Gasteiger charge is 2.34. The number of allylic oxidation sites excluding steroid dienone is 2. The van der Waals surface area contributed by atoms with Crippen LogP contribution in [0.3, 0.4) is 0 Å². The average Bonchev–Trinajstić information content (AvgIpc) is 2.25. The largest absolute Gasteiger partial charge is 0.436 e. The number of rotatable bonds is 2. The second-order valence-electron chi connectivity index (χ2n) is 3.18. The number of hydrogen-bond donors (Lipinski definition) is 1. The van der Waals surface area contributed by atoms with Crippen molar-refractivity contribution in [2.24, 2.45) is 5.16 Å². The van der Waals surface area contributed by atoms with Gasteiger partial charge in [-0.15, -0.1) is 0 Å². The molecule has 1 rings (SSSR count). The summed E-state index contributed by atoms with van der Waals surface area (Å²) in [6.07, 6.45) is -3.85. The molecule has 0 radical (unpaired) electrons. The van der Waals surface area contributed by atoms with Gasteiger partial charge in [0.15, 0.2) is 5.71 Å². The highest BCUT2D eigenvalue weighted by atomic mass is 19.4. The molecule has 0 amide bonds. The monoisotopic (exact) mass is 229 g/mol. The van der Waals surface area contributed by atoms with Crippen molar-refractivity contribution in [3.8, 4) is 0 Å². The number of hydrogen-bond acceptors (Lipinski definition) is 2. The van der Waals surface area contributed by atoms with Crippen LogP contribution in [0.15, 0.2) is 41.6 Å². The minimum Gasteiger partial charge on any atom is -0.410 e. The van der Waals surface area contributed by atoms with Crippen molar-refractivity contribution in [1.82, 2.24) is 0 Å². The highest BCUT2D eigenvalue weighted by Crippen LogP contribution is 2.21. The topological polar surface area (TPSA) is 32.6 Å². The third-order valence-corrected chi connectivity index (χ3v) is 1.98. The van der Waals surface area contributed by atoms with E-state index >= 15 is 0 Å². The summed E-state index contributed by atoms with van der Waals surface area (Å²) in [7, 11) is 0. The third kappa shape index (κ3) is 3.12. The third-order valence-electron chi connectivity index (χ3n) is 1.98. The van der Waals surface area contributed by atoms with Gasteiger partial charge in [0.25, 0.3) is 0 Å². The fourth-order valence-corrected chi connectivity index (χ4v) is 1.16. The molecule has 1 aromatic rings. The number of nitrogens with zero attached hydrogens (tertiary/aromatic N) is 1. The summed E-state index contributed by atoms with van der Waals surface area (Å²) in [5, 5.41) is 10.5. The second kappa shape index (κ2) is 4.83. The summed E-state index contributed by atoms with van der Waals surface area (Å²) >= 11 is 0. The SMILES string of the molecule is CC(=CC(=NO)C(F)(F)F)c1ccccc1. The minimum absolute atomic E-state index is 0.380. The summed E-state index contributed by atoms with van der Waals surface area (Å²) in [6.45, 7) is 1.52. The molecule has 0 fully saturated rings. The second-order valence-corrected chi connectivity index (χ2v) is 3.18. The van der Waals surface area contributed by atoms with Crippen molar-refractivity contribution < 1.29 is 18.4 Å². The Morgan fingerprint density at radius 1 is 1.25 bits per heavy atom. The van der Waals surface area contributed by atoms with Gasteiger partial charge < -0.3 is 5.21 Å². The maximum Gasteiger partial charge on any atom is 0.436 e. The zero-order valence-corrected chi connectivity index (χ0v) is 8.49. The van der Waals surface area contributed by atoms with Crippen LogP contribution in [0, 0.1) is 0 Å². The van der Waals surface area contributed by atoms with E-state index in [4.69, 9.17) is 5.21 Å². The standard InChI is InChI=1S/C11H10F3NO/c1-8(9-5-3-2-4-6-9)7-10(15-16)11(12,13)14/h2-7,16H,1H3. The van der Waals surface area contributed by atoms with E-state index in [0.29, 0.717) is 11.1 Å². The molecule has 0 heterocycles. The zero-order chi connectivity index (χ0) is 12.2. The minimum atomic E-state index is -4.65. The van der Waals surface area contributed by atoms with Crippen LogP contribution < -0.4 is 0 Å². The summed E-state index contributed by atoms with van der Waals surface area (Å²) in [4.78, 5) is 0. The Hall–Kier alpha value is -1.78. The van der Waals surface area contributed by atoms with E-state index in [-0.39, 0.29) is 0 Å². The molecule has 86 valence electrons. The van der Waals surface area contributed by atoms with E-state index in [9.17, 15) is 13.2 Å². The van der Waals surface area contributed by atoms with Gasteiger partial charge in [-0.25, -0.2) is 0 Å². The van der Waals surface area contributed by atoms with Crippen LogP contribution in [-0.4, -0.2) is 17.1 Å². The molecule has 16 heavy (non-hydrogen) atoms. The normalized spacial score (nSPS) is 14.0. The first kappa shape index (κ1) is 12.3. The Morgan fingerprint density at radius 3 is 2.25 bits per heavy atom. The molecular formula is C11H10F3NO. The Kier molecular flexibility index (Phi) is 3.71. The van der Waals surface area contributed by atoms with Crippen LogP contribution in [-0.2, 0) is 0 Å². The van der Waals surface area contributed by atoms with E-state index in [1.54, 1.807) is 30.3 Å². The van der Waals surface area contributed by atoms with E-state index in [2.05, 4.69) is 5.16 Å². The Morgan fingerprint density at radius 2 is 1.81 bits per heavy atom. The van der Waals surface area contributed by atoms with Crippen LogP contribution in [0.5, 0.6) is 0 Å². The van der Waals surface area contributed by atoms with E-state index < -0.39 is 11.9 Å². The molecular weight excluding hydrogens is 219 g/mol. The van der Waals surface area contributed by atoms with E-state index in [1.807, 2.05) is 0 Å². The van der Waals surface area contributed by atoms with Crippen molar-refractivity contribution in [1.29, 1.82) is 0 Å². The summed E-state index contributed by atoms with van der Waals surface area (Å²) in [5.74, 6) is 0. The van der Waals surface area contributed by atoms with Gasteiger partial charge in [0, 0.05) is 0 Å². The molecule has 0 aliphatic carbocycles. The van der Waals surface area contributed by atoms with Gasteiger partial charge in [-0.3, -0.25) is 0 Å². The summed E-state index contributed by atoms with van der Waals surface area (Å²) < 4.78 is 36.8.